The number of nitrogens with zero attached hydrogens (tertiary/aromatic N) is 3. The molecule has 1 aliphatic heterocycles. The monoisotopic (exact) mass is 508 g/mol. The van der Waals surface area contributed by atoms with E-state index in [1.165, 1.54) is 15.7 Å². The zero-order chi connectivity index (χ0) is 25.5. The van der Waals surface area contributed by atoms with Gasteiger partial charge in [0.05, 0.1) is 30.2 Å². The van der Waals surface area contributed by atoms with Gasteiger partial charge in [-0.2, -0.15) is 0 Å². The van der Waals surface area contributed by atoms with Crippen LogP contribution in [0.3, 0.4) is 0 Å². The quantitative estimate of drug-likeness (QED) is 0.332. The smallest absolute Gasteiger partial charge is 0.263 e. The Balaban J connectivity index is 1.53. The second-order valence-electron chi connectivity index (χ2n) is 8.89. The van der Waals surface area contributed by atoms with Crippen LogP contribution in [0.5, 0.6) is 0 Å². The second-order valence-corrected chi connectivity index (χ2v) is 9.91. The third-order valence-corrected chi connectivity index (χ3v) is 7.56. The van der Waals surface area contributed by atoms with Gasteiger partial charge in [-0.05, 0) is 36.6 Å². The van der Waals surface area contributed by atoms with Gasteiger partial charge in [-0.3, -0.25) is 19.1 Å². The molecule has 1 aromatic heterocycles. The summed E-state index contributed by atoms with van der Waals surface area (Å²) < 4.78 is 6.84. The SMILES string of the molecule is CNC(=O)CCC(C=O)n1c(C)nc2cccc(SCc3ccc(CN4CCOCC4)cc3)c2c1=O. The van der Waals surface area contributed by atoms with E-state index in [0.717, 1.165) is 44.0 Å². The Kier molecular flexibility index (Phi) is 8.90. The van der Waals surface area contributed by atoms with Crippen LogP contribution in [0.4, 0.5) is 0 Å². The van der Waals surface area contributed by atoms with Crippen molar-refractivity contribution in [3.05, 3.63) is 69.8 Å². The number of aldehydes is 1. The van der Waals surface area contributed by atoms with Crippen molar-refractivity contribution in [2.75, 3.05) is 33.4 Å². The molecule has 0 spiro atoms. The molecule has 8 nitrogen and oxygen atoms in total. The summed E-state index contributed by atoms with van der Waals surface area (Å²) >= 11 is 1.58. The van der Waals surface area contributed by atoms with Crippen LogP contribution in [-0.2, 0) is 26.6 Å². The van der Waals surface area contributed by atoms with E-state index in [1.54, 1.807) is 25.7 Å². The molecular formula is C27H32N4O4S. The molecule has 3 aromatic rings. The zero-order valence-electron chi connectivity index (χ0n) is 20.7. The Morgan fingerprint density at radius 2 is 1.89 bits per heavy atom. The van der Waals surface area contributed by atoms with Crippen molar-refractivity contribution < 1.29 is 14.3 Å². The number of morpholine rings is 1. The third kappa shape index (κ3) is 6.21. The van der Waals surface area contributed by atoms with E-state index < -0.39 is 6.04 Å². The highest BCUT2D eigenvalue weighted by Gasteiger charge is 2.20. The number of carbonyl (C=O) groups excluding carboxylic acids is 2. The maximum Gasteiger partial charge on any atom is 0.263 e. The molecule has 2 heterocycles. The molecule has 36 heavy (non-hydrogen) atoms. The van der Waals surface area contributed by atoms with E-state index in [9.17, 15) is 14.4 Å². The Bertz CT molecular complexity index is 1270. The minimum atomic E-state index is -0.747. The fourth-order valence-corrected chi connectivity index (χ4v) is 5.44. The van der Waals surface area contributed by atoms with Crippen molar-refractivity contribution in [1.82, 2.24) is 19.8 Å². The molecule has 190 valence electrons. The van der Waals surface area contributed by atoms with Crippen molar-refractivity contribution in [3.63, 3.8) is 0 Å². The molecule has 0 saturated carbocycles. The highest BCUT2D eigenvalue weighted by atomic mass is 32.2. The van der Waals surface area contributed by atoms with E-state index in [0.29, 0.717) is 22.5 Å². The highest BCUT2D eigenvalue weighted by Crippen LogP contribution is 2.29. The van der Waals surface area contributed by atoms with E-state index in [-0.39, 0.29) is 24.3 Å². The summed E-state index contributed by atoms with van der Waals surface area (Å²) in [4.78, 5) is 45.0. The van der Waals surface area contributed by atoms with Crippen molar-refractivity contribution in [2.24, 2.45) is 0 Å². The summed E-state index contributed by atoms with van der Waals surface area (Å²) in [5.74, 6) is 0.992. The van der Waals surface area contributed by atoms with Gasteiger partial charge in [-0.1, -0.05) is 30.3 Å². The highest BCUT2D eigenvalue weighted by molar-refractivity contribution is 7.98. The first-order valence-electron chi connectivity index (χ1n) is 12.2. The molecule has 1 N–H and O–H groups in total. The number of aromatic nitrogens is 2. The van der Waals surface area contributed by atoms with Crippen LogP contribution in [0.15, 0.2) is 52.2 Å². The van der Waals surface area contributed by atoms with Gasteiger partial charge in [0.15, 0.2) is 0 Å². The first kappa shape index (κ1) is 26.1. The summed E-state index contributed by atoms with van der Waals surface area (Å²) in [6.45, 7) is 6.13. The van der Waals surface area contributed by atoms with Gasteiger partial charge in [0.2, 0.25) is 5.91 Å². The molecule has 2 aromatic carbocycles. The first-order chi connectivity index (χ1) is 17.5. The molecule has 0 radical (unpaired) electrons. The number of nitrogens with one attached hydrogen (secondary N) is 1. The molecule has 1 aliphatic rings. The predicted molar refractivity (Wildman–Crippen MR) is 141 cm³/mol. The number of hydrogen-bond donors (Lipinski definition) is 1. The normalized spacial score (nSPS) is 15.1. The lowest BCUT2D eigenvalue weighted by molar-refractivity contribution is -0.121. The van der Waals surface area contributed by atoms with Gasteiger partial charge in [-0.25, -0.2) is 4.98 Å². The summed E-state index contributed by atoms with van der Waals surface area (Å²) in [5, 5.41) is 3.05. The minimum absolute atomic E-state index is 0.155. The number of amides is 1. The number of hydrogen-bond acceptors (Lipinski definition) is 7. The number of benzene rings is 2. The average Bonchev–Trinajstić information content (AvgIpc) is 2.90. The molecule has 0 bridgehead atoms. The lowest BCUT2D eigenvalue weighted by atomic mass is 10.1. The minimum Gasteiger partial charge on any atom is -0.379 e. The van der Waals surface area contributed by atoms with Gasteiger partial charge in [0, 0.05) is 43.8 Å². The maximum atomic E-state index is 13.6. The van der Waals surface area contributed by atoms with Crippen LogP contribution in [0, 0.1) is 6.92 Å². The summed E-state index contributed by atoms with van der Waals surface area (Å²) in [6, 6.07) is 13.5. The van der Waals surface area contributed by atoms with Gasteiger partial charge in [-0.15, -0.1) is 11.8 Å². The van der Waals surface area contributed by atoms with Crippen LogP contribution < -0.4 is 10.9 Å². The van der Waals surface area contributed by atoms with E-state index in [4.69, 9.17) is 4.74 Å². The van der Waals surface area contributed by atoms with Crippen LogP contribution in [-0.4, -0.2) is 60.0 Å². The zero-order valence-corrected chi connectivity index (χ0v) is 21.6. The lowest BCUT2D eigenvalue weighted by Crippen LogP contribution is -2.35. The topological polar surface area (TPSA) is 93.5 Å². The Morgan fingerprint density at radius 3 is 2.58 bits per heavy atom. The number of thioether (sulfide) groups is 1. The van der Waals surface area contributed by atoms with E-state index in [1.807, 2.05) is 18.2 Å². The first-order valence-corrected chi connectivity index (χ1v) is 13.2. The fourth-order valence-electron chi connectivity index (χ4n) is 4.42. The van der Waals surface area contributed by atoms with E-state index in [2.05, 4.69) is 39.5 Å². The summed E-state index contributed by atoms with van der Waals surface area (Å²) in [7, 11) is 1.55. The van der Waals surface area contributed by atoms with Gasteiger partial charge >= 0.3 is 0 Å². The summed E-state index contributed by atoms with van der Waals surface area (Å²) in [5.41, 5.74) is 2.79. The van der Waals surface area contributed by atoms with Crippen LogP contribution >= 0.6 is 11.8 Å². The van der Waals surface area contributed by atoms with Crippen molar-refractivity contribution in [3.8, 4) is 0 Å². The Hall–Kier alpha value is -3.01. The number of ether oxygens (including phenoxy) is 1. The van der Waals surface area contributed by atoms with Crippen molar-refractivity contribution in [2.45, 2.75) is 43.0 Å². The standard InChI is InChI=1S/C27H32N4O4S/c1-19-29-23-4-3-5-24(26(23)27(34)31(19)22(17-32)10-11-25(33)28-2)36-18-21-8-6-20(7-9-21)16-30-12-14-35-15-13-30/h3-9,17,22H,10-16,18H2,1-2H3,(H,28,33). The van der Waals surface area contributed by atoms with Gasteiger partial charge < -0.3 is 14.8 Å². The lowest BCUT2D eigenvalue weighted by Gasteiger charge is -2.26. The Labute approximate surface area is 215 Å². The fraction of sp³-hybridized carbons (Fsp3) is 0.407. The molecule has 1 fully saturated rings. The molecule has 0 aliphatic carbocycles. The average molecular weight is 509 g/mol. The van der Waals surface area contributed by atoms with Crippen LogP contribution in [0.25, 0.3) is 10.9 Å². The molecule has 1 atom stereocenters. The van der Waals surface area contributed by atoms with E-state index >= 15 is 0 Å². The van der Waals surface area contributed by atoms with Gasteiger partial charge in [0.1, 0.15) is 12.1 Å². The molecule has 9 heteroatoms. The Morgan fingerprint density at radius 1 is 1.17 bits per heavy atom. The number of rotatable bonds is 10. The predicted octanol–water partition coefficient (Wildman–Crippen LogP) is 3.10. The maximum absolute atomic E-state index is 13.6. The van der Waals surface area contributed by atoms with Crippen LogP contribution in [0.1, 0.15) is 35.8 Å². The van der Waals surface area contributed by atoms with Crippen molar-refractivity contribution >= 4 is 34.9 Å². The molecular weight excluding hydrogens is 476 g/mol. The number of aryl methyl sites for hydroxylation is 1. The molecule has 1 unspecified atom stereocenters. The molecule has 4 rings (SSSR count). The molecule has 1 amide bonds. The number of fused-ring (bicyclic) bond motifs is 1. The third-order valence-electron chi connectivity index (χ3n) is 6.43. The van der Waals surface area contributed by atoms with Crippen molar-refractivity contribution in [1.29, 1.82) is 0 Å². The molecule has 1 saturated heterocycles. The largest absolute Gasteiger partial charge is 0.379 e. The number of carbonyl (C=O) groups is 2. The van der Waals surface area contributed by atoms with Gasteiger partial charge in [0.25, 0.3) is 5.56 Å². The second kappa shape index (κ2) is 12.3. The summed E-state index contributed by atoms with van der Waals surface area (Å²) in [6.07, 6.45) is 1.12. The van der Waals surface area contributed by atoms with Crippen LogP contribution in [0.2, 0.25) is 0 Å².